The molecule has 3 aromatic rings. The van der Waals surface area contributed by atoms with Crippen LogP contribution in [-0.4, -0.2) is 93.2 Å². The van der Waals surface area contributed by atoms with Gasteiger partial charge in [-0.2, -0.15) is 10.2 Å². The highest BCUT2D eigenvalue weighted by Crippen LogP contribution is 2.42. The van der Waals surface area contributed by atoms with Gasteiger partial charge in [-0.25, -0.2) is 14.4 Å². The minimum absolute atomic E-state index is 0.00651. The first-order valence-electron chi connectivity index (χ1n) is 17.7. The summed E-state index contributed by atoms with van der Waals surface area (Å²) >= 11 is 0. The maximum Gasteiger partial charge on any atom is 0.254 e. The molecule has 1 unspecified atom stereocenters. The third kappa shape index (κ3) is 7.07. The van der Waals surface area contributed by atoms with Crippen LogP contribution < -0.4 is 20.3 Å². The summed E-state index contributed by atoms with van der Waals surface area (Å²) in [5, 5.41) is 15.9. The molecule has 2 saturated heterocycles. The zero-order valence-corrected chi connectivity index (χ0v) is 29.5. The number of nitrogens with one attached hydrogen (secondary N) is 2. The number of amides is 1. The second-order valence-electron chi connectivity index (χ2n) is 14.2. The fourth-order valence-corrected chi connectivity index (χ4v) is 7.78. The first-order chi connectivity index (χ1) is 23.6. The number of nitriles is 1. The molecule has 49 heavy (non-hydrogen) atoms. The monoisotopic (exact) mass is 672 g/mol. The molecular weight excluding hydrogens is 623 g/mol. The Labute approximate surface area is 288 Å². The molecule has 262 valence electrons. The van der Waals surface area contributed by atoms with Crippen molar-refractivity contribution >= 4 is 23.4 Å². The van der Waals surface area contributed by atoms with Crippen LogP contribution in [-0.2, 0) is 0 Å². The van der Waals surface area contributed by atoms with Gasteiger partial charge in [-0.1, -0.05) is 20.8 Å². The number of likely N-dealkylation sites (tertiary alicyclic amines) is 2. The van der Waals surface area contributed by atoms with E-state index in [4.69, 9.17) is 9.72 Å². The van der Waals surface area contributed by atoms with E-state index in [1.165, 1.54) is 32.1 Å². The van der Waals surface area contributed by atoms with E-state index in [2.05, 4.69) is 76.0 Å². The maximum absolute atomic E-state index is 15.6. The highest BCUT2D eigenvalue weighted by molar-refractivity contribution is 5.96. The number of piperidine rings is 2. The lowest BCUT2D eigenvalue weighted by Gasteiger charge is -2.42. The fourth-order valence-electron chi connectivity index (χ4n) is 7.78. The number of fused-ring (bicyclic) bond motifs is 3. The van der Waals surface area contributed by atoms with Crippen molar-refractivity contribution in [3.8, 4) is 17.5 Å². The smallest absolute Gasteiger partial charge is 0.254 e. The molecule has 1 aromatic carbocycles. The number of carbonyl (C=O) groups is 1. The van der Waals surface area contributed by atoms with Gasteiger partial charge in [-0.3, -0.25) is 9.36 Å². The fraction of sp³-hybridized carbons (Fsp3) is 0.583. The molecule has 0 spiro atoms. The largest absolute Gasteiger partial charge is 0.495 e. The lowest BCUT2D eigenvalue weighted by atomic mass is 9.97. The Hall–Kier alpha value is -4.28. The summed E-state index contributed by atoms with van der Waals surface area (Å²) in [5.74, 6) is 0.803. The van der Waals surface area contributed by atoms with E-state index in [0.29, 0.717) is 40.6 Å². The molecule has 12 nitrogen and oxygen atoms in total. The number of imidazole rings is 1. The Balaban J connectivity index is 1.13. The molecule has 1 atom stereocenters. The minimum atomic E-state index is -0.661. The van der Waals surface area contributed by atoms with Gasteiger partial charge in [0, 0.05) is 43.8 Å². The summed E-state index contributed by atoms with van der Waals surface area (Å²) < 4.78 is 23.1. The molecule has 3 aliphatic rings. The van der Waals surface area contributed by atoms with Crippen molar-refractivity contribution in [2.45, 2.75) is 90.9 Å². The highest BCUT2D eigenvalue weighted by Gasteiger charge is 2.36. The average Bonchev–Trinajstić information content (AvgIpc) is 3.52. The first-order valence-corrected chi connectivity index (χ1v) is 17.7. The molecule has 1 amide bonds. The van der Waals surface area contributed by atoms with Gasteiger partial charge >= 0.3 is 0 Å². The van der Waals surface area contributed by atoms with Crippen LogP contribution in [0.4, 0.5) is 21.8 Å². The SMILES string of the molecule is CCC1c2c(C#N)ncn2-c2cnc(Nc3cc(F)c(C(=O)NC4CCN(C5CCN(CC(C)C)CC5)CC4)cc3OC)nc2N1C(C)C. The van der Waals surface area contributed by atoms with E-state index in [0.717, 1.165) is 57.7 Å². The van der Waals surface area contributed by atoms with E-state index in [9.17, 15) is 10.1 Å². The number of hydrogen-bond acceptors (Lipinski definition) is 10. The minimum Gasteiger partial charge on any atom is -0.495 e. The number of ether oxygens (including phenoxy) is 1. The molecular formula is C36H49FN10O2. The van der Waals surface area contributed by atoms with Crippen LogP contribution in [0.5, 0.6) is 5.75 Å². The van der Waals surface area contributed by atoms with Gasteiger partial charge in [0.25, 0.3) is 5.91 Å². The van der Waals surface area contributed by atoms with Crippen LogP contribution in [0.25, 0.3) is 5.69 Å². The van der Waals surface area contributed by atoms with Gasteiger partial charge in [0.2, 0.25) is 5.95 Å². The van der Waals surface area contributed by atoms with Crippen molar-refractivity contribution in [1.29, 1.82) is 5.26 Å². The molecule has 13 heteroatoms. The lowest BCUT2D eigenvalue weighted by molar-refractivity contribution is 0.0737. The molecule has 2 fully saturated rings. The summed E-state index contributed by atoms with van der Waals surface area (Å²) in [4.78, 5) is 34.3. The molecule has 6 rings (SSSR count). The van der Waals surface area contributed by atoms with Gasteiger partial charge in [0.05, 0.1) is 36.3 Å². The third-order valence-corrected chi connectivity index (χ3v) is 10.1. The van der Waals surface area contributed by atoms with Crippen LogP contribution in [0.15, 0.2) is 24.7 Å². The van der Waals surface area contributed by atoms with E-state index < -0.39 is 11.7 Å². The molecule has 3 aliphatic heterocycles. The zero-order valence-electron chi connectivity index (χ0n) is 29.5. The Bertz CT molecular complexity index is 1690. The van der Waals surface area contributed by atoms with E-state index in [-0.39, 0.29) is 29.6 Å². The van der Waals surface area contributed by atoms with Crippen molar-refractivity contribution in [1.82, 2.24) is 34.6 Å². The molecule has 2 N–H and O–H groups in total. The summed E-state index contributed by atoms with van der Waals surface area (Å²) in [6, 6.07) is 5.44. The highest BCUT2D eigenvalue weighted by atomic mass is 19.1. The Morgan fingerprint density at radius 1 is 1.10 bits per heavy atom. The van der Waals surface area contributed by atoms with Crippen LogP contribution in [0.2, 0.25) is 0 Å². The number of benzene rings is 1. The van der Waals surface area contributed by atoms with Gasteiger partial charge in [0.15, 0.2) is 11.5 Å². The molecule has 0 saturated carbocycles. The van der Waals surface area contributed by atoms with Crippen molar-refractivity contribution in [2.24, 2.45) is 5.92 Å². The number of methoxy groups -OCH3 is 1. The third-order valence-electron chi connectivity index (χ3n) is 10.1. The molecule has 2 aromatic heterocycles. The van der Waals surface area contributed by atoms with Crippen molar-refractivity contribution in [3.05, 3.63) is 47.4 Å². The van der Waals surface area contributed by atoms with Gasteiger partial charge in [-0.05, 0) is 71.0 Å². The topological polar surface area (TPSA) is 127 Å². The predicted octanol–water partition coefficient (Wildman–Crippen LogP) is 5.42. The summed E-state index contributed by atoms with van der Waals surface area (Å²) in [6.07, 6.45) is 8.11. The zero-order chi connectivity index (χ0) is 34.8. The quantitative estimate of drug-likeness (QED) is 0.288. The predicted molar refractivity (Wildman–Crippen MR) is 187 cm³/mol. The Morgan fingerprint density at radius 3 is 2.47 bits per heavy atom. The summed E-state index contributed by atoms with van der Waals surface area (Å²) in [6.45, 7) is 16.1. The summed E-state index contributed by atoms with van der Waals surface area (Å²) in [7, 11) is 1.48. The van der Waals surface area contributed by atoms with E-state index in [1.807, 2.05) is 4.57 Å². The number of halogens is 1. The van der Waals surface area contributed by atoms with Crippen LogP contribution in [0, 0.1) is 23.1 Å². The van der Waals surface area contributed by atoms with Gasteiger partial charge < -0.3 is 30.1 Å². The first kappa shape index (κ1) is 34.6. The average molecular weight is 673 g/mol. The van der Waals surface area contributed by atoms with Crippen molar-refractivity contribution < 1.29 is 13.9 Å². The molecule has 0 radical (unpaired) electrons. The molecule has 5 heterocycles. The number of hydrogen-bond donors (Lipinski definition) is 2. The van der Waals surface area contributed by atoms with Crippen molar-refractivity contribution in [3.63, 3.8) is 0 Å². The number of aromatic nitrogens is 4. The number of rotatable bonds is 10. The van der Waals surface area contributed by atoms with Gasteiger partial charge in [0.1, 0.15) is 29.7 Å². The maximum atomic E-state index is 15.6. The number of anilines is 3. The van der Waals surface area contributed by atoms with Gasteiger partial charge in [-0.15, -0.1) is 0 Å². The standard InChI is InChI=1S/C36H49FN10O2/c1-7-30-33-29(18-38)40-21-46(33)31-19-39-36(43-34(31)47(30)23(4)5)42-28-17-27(37)26(16-32(28)49-6)35(48)41-24-8-14-45(15-9-24)25-10-12-44(13-11-25)20-22(2)3/h16-17,19,21-25,30H,7-15,20H2,1-6H3,(H,41,48)(H,39,42,43). The van der Waals surface area contributed by atoms with Crippen LogP contribution in [0.3, 0.4) is 0 Å². The Kier molecular flexibility index (Phi) is 10.4. The van der Waals surface area contributed by atoms with E-state index >= 15 is 4.39 Å². The Morgan fingerprint density at radius 2 is 1.84 bits per heavy atom. The lowest BCUT2D eigenvalue weighted by Crippen LogP contribution is -2.51. The number of nitrogens with zero attached hydrogens (tertiary/aromatic N) is 8. The normalized spacial score (nSPS) is 19.1. The molecule has 0 aliphatic carbocycles. The summed E-state index contributed by atoms with van der Waals surface area (Å²) in [5.41, 5.74) is 2.14. The number of carbonyl (C=O) groups excluding carboxylic acids is 1. The second kappa shape index (κ2) is 14.7. The molecule has 0 bridgehead atoms. The van der Waals surface area contributed by atoms with Crippen LogP contribution in [0.1, 0.15) is 94.5 Å². The van der Waals surface area contributed by atoms with Crippen molar-refractivity contribution in [2.75, 3.05) is 50.1 Å². The van der Waals surface area contributed by atoms with Crippen LogP contribution >= 0.6 is 0 Å². The van der Waals surface area contributed by atoms with E-state index in [1.54, 1.807) is 12.5 Å². The second-order valence-corrected chi connectivity index (χ2v) is 14.2.